The van der Waals surface area contributed by atoms with E-state index >= 15 is 0 Å². The zero-order valence-corrected chi connectivity index (χ0v) is 16.7. The van der Waals surface area contributed by atoms with E-state index in [0.717, 1.165) is 25.7 Å². The fourth-order valence-electron chi connectivity index (χ4n) is 2.77. The van der Waals surface area contributed by atoms with Crippen LogP contribution in [0, 0.1) is 0 Å². The van der Waals surface area contributed by atoms with E-state index in [-0.39, 0.29) is 0 Å². The predicted octanol–water partition coefficient (Wildman–Crippen LogP) is 5.40. The molecule has 1 aliphatic heterocycles. The summed E-state index contributed by atoms with van der Waals surface area (Å²) in [6, 6.07) is 0. The second-order valence-electron chi connectivity index (χ2n) is 6.53. The lowest BCUT2D eigenvalue weighted by atomic mass is 10.2. The highest BCUT2D eigenvalue weighted by Crippen LogP contribution is 2.52. The first-order valence-corrected chi connectivity index (χ1v) is 11.4. The second-order valence-corrected chi connectivity index (χ2v) is 8.55. The summed E-state index contributed by atoms with van der Waals surface area (Å²) < 4.78 is 31.9. The average molecular weight is 363 g/mol. The van der Waals surface area contributed by atoms with Gasteiger partial charge in [0, 0.05) is 13.1 Å². The lowest BCUT2D eigenvalue weighted by molar-refractivity contribution is 0.0490. The van der Waals surface area contributed by atoms with E-state index in [1.165, 1.54) is 38.5 Å². The molecular formula is C18H38NO4P. The largest absolute Gasteiger partial charge is 0.408 e. The third kappa shape index (κ3) is 9.53. The van der Waals surface area contributed by atoms with Crippen LogP contribution < -0.4 is 0 Å². The van der Waals surface area contributed by atoms with Crippen molar-refractivity contribution < 1.29 is 18.3 Å². The van der Waals surface area contributed by atoms with Gasteiger partial charge in [0.2, 0.25) is 0 Å². The first-order chi connectivity index (χ1) is 11.7. The normalized spacial score (nSPS) is 16.6. The molecule has 0 aromatic heterocycles. The second kappa shape index (κ2) is 14.3. The minimum atomic E-state index is -3.15. The molecule has 1 rings (SSSR count). The quantitative estimate of drug-likeness (QED) is 0.288. The number of unbranched alkanes of at least 4 members (excludes halogenated alkanes) is 8. The molecule has 24 heavy (non-hydrogen) atoms. The van der Waals surface area contributed by atoms with Gasteiger partial charge in [0.15, 0.2) is 0 Å². The van der Waals surface area contributed by atoms with Crippen molar-refractivity contribution >= 4 is 7.75 Å². The number of morpholine rings is 1. The van der Waals surface area contributed by atoms with E-state index in [0.29, 0.717) is 39.5 Å². The monoisotopic (exact) mass is 363 g/mol. The summed E-state index contributed by atoms with van der Waals surface area (Å²) in [6.45, 7) is 7.91. The van der Waals surface area contributed by atoms with Crippen LogP contribution in [0.4, 0.5) is 0 Å². The maximum Gasteiger partial charge on any atom is 0.408 e. The summed E-state index contributed by atoms with van der Waals surface area (Å²) in [7, 11) is -3.15. The minimum absolute atomic E-state index is 0.522. The predicted molar refractivity (Wildman–Crippen MR) is 99.4 cm³/mol. The molecule has 0 atom stereocenters. The summed E-state index contributed by atoms with van der Waals surface area (Å²) in [6.07, 6.45) is 11.6. The number of nitrogens with zero attached hydrogens (tertiary/aromatic N) is 1. The smallest absolute Gasteiger partial charge is 0.379 e. The Morgan fingerprint density at radius 2 is 1.25 bits per heavy atom. The zero-order chi connectivity index (χ0) is 17.5. The molecule has 0 aromatic rings. The molecular weight excluding hydrogens is 325 g/mol. The molecule has 0 spiro atoms. The summed E-state index contributed by atoms with van der Waals surface area (Å²) in [5, 5.41) is 0. The highest BCUT2D eigenvalue weighted by Gasteiger charge is 2.34. The van der Waals surface area contributed by atoms with Gasteiger partial charge >= 0.3 is 7.75 Å². The number of hydrogen-bond donors (Lipinski definition) is 0. The van der Waals surface area contributed by atoms with Crippen molar-refractivity contribution in [2.45, 2.75) is 78.1 Å². The van der Waals surface area contributed by atoms with Crippen LogP contribution in [0.3, 0.4) is 0 Å². The van der Waals surface area contributed by atoms with Crippen LogP contribution in [0.25, 0.3) is 0 Å². The fraction of sp³-hybridized carbons (Fsp3) is 1.00. The zero-order valence-electron chi connectivity index (χ0n) is 15.8. The molecule has 0 N–H and O–H groups in total. The van der Waals surface area contributed by atoms with Gasteiger partial charge in [0.25, 0.3) is 0 Å². The van der Waals surface area contributed by atoms with Crippen molar-refractivity contribution in [3.05, 3.63) is 0 Å². The van der Waals surface area contributed by atoms with Crippen LogP contribution in [0.15, 0.2) is 0 Å². The third-order valence-electron chi connectivity index (χ3n) is 4.34. The van der Waals surface area contributed by atoms with E-state index in [2.05, 4.69) is 13.8 Å². The molecule has 144 valence electrons. The van der Waals surface area contributed by atoms with Gasteiger partial charge in [-0.15, -0.1) is 0 Å². The molecule has 0 aromatic carbocycles. The van der Waals surface area contributed by atoms with Crippen LogP contribution in [0.2, 0.25) is 0 Å². The Kier molecular flexibility index (Phi) is 13.1. The van der Waals surface area contributed by atoms with Gasteiger partial charge in [-0.05, 0) is 12.8 Å². The van der Waals surface area contributed by atoms with Crippen LogP contribution in [-0.2, 0) is 18.3 Å². The Hall–Kier alpha value is 0.0700. The van der Waals surface area contributed by atoms with Crippen LogP contribution in [-0.4, -0.2) is 44.2 Å². The Morgan fingerprint density at radius 3 is 1.71 bits per heavy atom. The lowest BCUT2D eigenvalue weighted by Crippen LogP contribution is -2.35. The van der Waals surface area contributed by atoms with Gasteiger partial charge in [-0.2, -0.15) is 0 Å². The first-order valence-electron chi connectivity index (χ1n) is 9.95. The van der Waals surface area contributed by atoms with Gasteiger partial charge < -0.3 is 4.74 Å². The number of hydrogen-bond acceptors (Lipinski definition) is 4. The molecule has 6 heteroatoms. The van der Waals surface area contributed by atoms with Crippen molar-refractivity contribution in [1.82, 2.24) is 4.67 Å². The summed E-state index contributed by atoms with van der Waals surface area (Å²) in [4.78, 5) is 0. The van der Waals surface area contributed by atoms with E-state index in [4.69, 9.17) is 13.8 Å². The summed E-state index contributed by atoms with van der Waals surface area (Å²) >= 11 is 0. The molecule has 1 saturated heterocycles. The topological polar surface area (TPSA) is 48.0 Å². The highest BCUT2D eigenvalue weighted by molar-refractivity contribution is 7.51. The van der Waals surface area contributed by atoms with Gasteiger partial charge in [0.05, 0.1) is 26.4 Å². The first kappa shape index (κ1) is 22.1. The number of rotatable bonds is 15. The average Bonchev–Trinajstić information content (AvgIpc) is 2.62. The number of ether oxygens (including phenoxy) is 1. The van der Waals surface area contributed by atoms with E-state index < -0.39 is 7.75 Å². The molecule has 1 aliphatic rings. The molecule has 0 unspecified atom stereocenters. The van der Waals surface area contributed by atoms with Crippen molar-refractivity contribution in [2.24, 2.45) is 0 Å². The SMILES string of the molecule is CCCCCCCOP(=O)(OCCCCCCC)N1CCOCC1. The standard InChI is InChI=1S/C18H38NO4P/c1-3-5-7-9-11-15-22-24(20,19-13-17-21-18-14-19)23-16-12-10-8-6-4-2/h3-18H2,1-2H3. The molecule has 0 aliphatic carbocycles. The molecule has 0 amide bonds. The van der Waals surface area contributed by atoms with Crippen molar-refractivity contribution in [3.63, 3.8) is 0 Å². The molecule has 0 saturated carbocycles. The Morgan fingerprint density at radius 1 is 0.792 bits per heavy atom. The van der Waals surface area contributed by atoms with Crippen molar-refractivity contribution in [1.29, 1.82) is 0 Å². The molecule has 1 heterocycles. The van der Waals surface area contributed by atoms with E-state index in [9.17, 15) is 4.57 Å². The van der Waals surface area contributed by atoms with E-state index in [1.807, 2.05) is 4.67 Å². The Labute approximate surface area is 149 Å². The lowest BCUT2D eigenvalue weighted by Gasteiger charge is -2.32. The Bertz CT molecular complexity index is 315. The molecule has 5 nitrogen and oxygen atoms in total. The van der Waals surface area contributed by atoms with Crippen LogP contribution in [0.5, 0.6) is 0 Å². The molecule has 1 fully saturated rings. The summed E-state index contributed by atoms with van der Waals surface area (Å²) in [5.74, 6) is 0. The van der Waals surface area contributed by atoms with Crippen molar-refractivity contribution in [3.8, 4) is 0 Å². The van der Waals surface area contributed by atoms with E-state index in [1.54, 1.807) is 0 Å². The van der Waals surface area contributed by atoms with Crippen molar-refractivity contribution in [2.75, 3.05) is 39.5 Å². The maximum atomic E-state index is 13.2. The van der Waals surface area contributed by atoms with Crippen LogP contribution in [0.1, 0.15) is 78.1 Å². The van der Waals surface area contributed by atoms with Gasteiger partial charge in [-0.1, -0.05) is 65.2 Å². The van der Waals surface area contributed by atoms with Crippen LogP contribution >= 0.6 is 7.75 Å². The Balaban J connectivity index is 2.33. The molecule has 0 radical (unpaired) electrons. The maximum absolute atomic E-state index is 13.2. The highest BCUT2D eigenvalue weighted by atomic mass is 31.2. The van der Waals surface area contributed by atoms with Gasteiger partial charge in [-0.25, -0.2) is 9.24 Å². The van der Waals surface area contributed by atoms with Gasteiger partial charge in [-0.3, -0.25) is 9.05 Å². The fourth-order valence-corrected chi connectivity index (χ4v) is 4.54. The minimum Gasteiger partial charge on any atom is -0.379 e. The third-order valence-corrected chi connectivity index (χ3v) is 6.45. The molecule has 0 bridgehead atoms. The summed E-state index contributed by atoms with van der Waals surface area (Å²) in [5.41, 5.74) is 0. The van der Waals surface area contributed by atoms with Gasteiger partial charge in [0.1, 0.15) is 0 Å².